The molecule has 0 saturated heterocycles. The number of allylic oxidation sites excluding steroid dienone is 2. The number of carbonyl (C=O) groups excluding carboxylic acids is 2. The van der Waals surface area contributed by atoms with Gasteiger partial charge in [-0.25, -0.2) is 14.3 Å². The molecule has 4 rings (SSSR count). The van der Waals surface area contributed by atoms with Crippen molar-refractivity contribution in [2.24, 2.45) is 0 Å². The Labute approximate surface area is 216 Å². The summed E-state index contributed by atoms with van der Waals surface area (Å²) in [5.74, 6) is -1.07. The van der Waals surface area contributed by atoms with Crippen molar-refractivity contribution in [2.75, 3.05) is 20.8 Å². The minimum absolute atomic E-state index is 0.324. The molecule has 0 spiro atoms. The molecule has 0 unspecified atom stereocenters. The van der Waals surface area contributed by atoms with Gasteiger partial charge in [-0.15, -0.1) is 0 Å². The van der Waals surface area contributed by atoms with Crippen LogP contribution in [-0.2, 0) is 19.1 Å². The van der Waals surface area contributed by atoms with E-state index in [4.69, 9.17) is 19.3 Å². The van der Waals surface area contributed by atoms with Gasteiger partial charge in [0.05, 0.1) is 49.3 Å². The van der Waals surface area contributed by atoms with Crippen LogP contribution in [0.25, 0.3) is 16.9 Å². The first-order chi connectivity index (χ1) is 17.9. The molecule has 0 aliphatic carbocycles. The molecule has 2 aromatic carbocycles. The van der Waals surface area contributed by atoms with Gasteiger partial charge in [0.15, 0.2) is 0 Å². The number of nitrogens with zero attached hydrogens (tertiary/aromatic N) is 2. The molecule has 0 atom stereocenters. The van der Waals surface area contributed by atoms with Crippen molar-refractivity contribution in [3.63, 3.8) is 0 Å². The molecule has 0 amide bonds. The van der Waals surface area contributed by atoms with E-state index in [0.717, 1.165) is 23.4 Å². The number of aromatic nitrogens is 2. The highest BCUT2D eigenvalue weighted by Gasteiger charge is 2.40. The van der Waals surface area contributed by atoms with Crippen molar-refractivity contribution in [2.45, 2.75) is 33.1 Å². The van der Waals surface area contributed by atoms with Gasteiger partial charge in [0.25, 0.3) is 0 Å². The minimum atomic E-state index is -0.760. The Balaban J connectivity index is 1.96. The third-order valence-corrected chi connectivity index (χ3v) is 6.25. The summed E-state index contributed by atoms with van der Waals surface area (Å²) in [6.07, 6.45) is 2.77. The monoisotopic (exact) mass is 501 g/mol. The fraction of sp³-hybridized carbons (Fsp3) is 0.276. The number of methoxy groups -OCH3 is 2. The number of ether oxygens (including phenoxy) is 3. The van der Waals surface area contributed by atoms with Gasteiger partial charge in [0.1, 0.15) is 5.75 Å². The fourth-order valence-corrected chi connectivity index (χ4v) is 4.53. The number of benzene rings is 2. The SMILES string of the molecule is CCCOc1ccc(-c2nn(-c3ccccc3)cc2C2C(C(=O)OC)=C(C)NC(C)=C2C(=O)OC)cc1. The number of hydrogen-bond acceptors (Lipinski definition) is 7. The maximum Gasteiger partial charge on any atom is 0.336 e. The number of esters is 2. The predicted molar refractivity (Wildman–Crippen MR) is 140 cm³/mol. The normalized spacial score (nSPS) is 13.9. The molecule has 0 fully saturated rings. The Hall–Kier alpha value is -4.33. The zero-order valence-corrected chi connectivity index (χ0v) is 21.7. The lowest BCUT2D eigenvalue weighted by molar-refractivity contribution is -0.137. The lowest BCUT2D eigenvalue weighted by Crippen LogP contribution is -2.32. The number of hydrogen-bond donors (Lipinski definition) is 1. The fourth-order valence-electron chi connectivity index (χ4n) is 4.53. The van der Waals surface area contributed by atoms with E-state index >= 15 is 0 Å². The summed E-state index contributed by atoms with van der Waals surface area (Å²) >= 11 is 0. The first-order valence-corrected chi connectivity index (χ1v) is 12.1. The molecular formula is C29H31N3O5. The molecule has 1 N–H and O–H groups in total. The highest BCUT2D eigenvalue weighted by atomic mass is 16.5. The summed E-state index contributed by atoms with van der Waals surface area (Å²) in [6, 6.07) is 17.3. The van der Waals surface area contributed by atoms with Crippen LogP contribution in [0, 0.1) is 0 Å². The van der Waals surface area contributed by atoms with E-state index in [2.05, 4.69) is 12.2 Å². The van der Waals surface area contributed by atoms with Gasteiger partial charge in [0, 0.05) is 28.7 Å². The van der Waals surface area contributed by atoms with Crippen molar-refractivity contribution in [1.29, 1.82) is 0 Å². The van der Waals surface area contributed by atoms with Crippen molar-refractivity contribution >= 4 is 11.9 Å². The molecule has 1 aliphatic heterocycles. The van der Waals surface area contributed by atoms with Gasteiger partial charge in [-0.3, -0.25) is 0 Å². The maximum atomic E-state index is 13.1. The quantitative estimate of drug-likeness (QED) is 0.439. The maximum absolute atomic E-state index is 13.1. The standard InChI is InChI=1S/C29H31N3O5/c1-6-16-37-22-14-12-20(13-15-22)27-23(17-32(31-27)21-10-8-7-9-11-21)26-24(28(33)35-4)18(2)30-19(3)25(26)29(34)36-5/h7-15,17,26,30H,6,16H2,1-5H3. The van der Waals surface area contributed by atoms with E-state index in [1.54, 1.807) is 18.5 Å². The van der Waals surface area contributed by atoms with Crippen LogP contribution >= 0.6 is 0 Å². The number of nitrogens with one attached hydrogen (secondary N) is 1. The molecule has 8 nitrogen and oxygen atoms in total. The van der Waals surface area contributed by atoms with Crippen molar-refractivity contribution < 1.29 is 23.8 Å². The van der Waals surface area contributed by atoms with Crippen LogP contribution in [0.5, 0.6) is 5.75 Å². The van der Waals surface area contributed by atoms with Crippen molar-refractivity contribution in [3.05, 3.63) is 88.9 Å². The predicted octanol–water partition coefficient (Wildman–Crippen LogP) is 4.91. The van der Waals surface area contributed by atoms with E-state index in [-0.39, 0.29) is 0 Å². The second-order valence-electron chi connectivity index (χ2n) is 8.70. The van der Waals surface area contributed by atoms with Crippen LogP contribution in [0.4, 0.5) is 0 Å². The zero-order chi connectivity index (χ0) is 26.5. The highest BCUT2D eigenvalue weighted by molar-refractivity contribution is 6.00. The number of para-hydroxylation sites is 1. The van der Waals surface area contributed by atoms with Crippen molar-refractivity contribution in [3.8, 4) is 22.7 Å². The Bertz CT molecular complexity index is 1320. The number of carbonyl (C=O) groups is 2. The van der Waals surface area contributed by atoms with E-state index < -0.39 is 17.9 Å². The summed E-state index contributed by atoms with van der Waals surface area (Å²) < 4.78 is 17.8. The molecule has 8 heteroatoms. The summed E-state index contributed by atoms with van der Waals surface area (Å²) in [4.78, 5) is 26.1. The van der Waals surface area contributed by atoms with Crippen LogP contribution < -0.4 is 10.1 Å². The lowest BCUT2D eigenvalue weighted by atomic mass is 9.79. The highest BCUT2D eigenvalue weighted by Crippen LogP contribution is 2.43. The molecular weight excluding hydrogens is 470 g/mol. The number of rotatable bonds is 8. The zero-order valence-electron chi connectivity index (χ0n) is 21.7. The van der Waals surface area contributed by atoms with Gasteiger partial charge in [-0.05, 0) is 56.7 Å². The van der Waals surface area contributed by atoms with Crippen molar-refractivity contribution in [1.82, 2.24) is 15.1 Å². The van der Waals surface area contributed by atoms with Crippen LogP contribution in [-0.4, -0.2) is 42.5 Å². The van der Waals surface area contributed by atoms with Crippen LogP contribution in [0.2, 0.25) is 0 Å². The Morgan fingerprint density at radius 2 is 1.51 bits per heavy atom. The summed E-state index contributed by atoms with van der Waals surface area (Å²) in [5.41, 5.74) is 4.81. The van der Waals surface area contributed by atoms with Gasteiger partial charge >= 0.3 is 11.9 Å². The second kappa shape index (κ2) is 11.2. The average molecular weight is 502 g/mol. The Morgan fingerprint density at radius 3 is 2.05 bits per heavy atom. The third-order valence-electron chi connectivity index (χ3n) is 6.25. The van der Waals surface area contributed by atoms with Crippen LogP contribution in [0.3, 0.4) is 0 Å². The van der Waals surface area contributed by atoms with E-state index in [1.807, 2.05) is 60.8 Å². The Morgan fingerprint density at radius 1 is 0.919 bits per heavy atom. The first-order valence-electron chi connectivity index (χ1n) is 12.1. The molecule has 1 aliphatic rings. The molecule has 0 radical (unpaired) electrons. The van der Waals surface area contributed by atoms with Gasteiger partial charge < -0.3 is 19.5 Å². The van der Waals surface area contributed by atoms with E-state index in [9.17, 15) is 9.59 Å². The third kappa shape index (κ3) is 5.14. The lowest BCUT2D eigenvalue weighted by Gasteiger charge is -2.29. The molecule has 2 heterocycles. The average Bonchev–Trinajstić information content (AvgIpc) is 3.36. The summed E-state index contributed by atoms with van der Waals surface area (Å²) in [6.45, 7) is 6.26. The minimum Gasteiger partial charge on any atom is -0.494 e. The van der Waals surface area contributed by atoms with Gasteiger partial charge in [0.2, 0.25) is 0 Å². The van der Waals surface area contributed by atoms with E-state index in [1.165, 1.54) is 14.2 Å². The van der Waals surface area contributed by atoms with Crippen LogP contribution in [0.1, 0.15) is 38.7 Å². The molecule has 1 aromatic heterocycles. The van der Waals surface area contributed by atoms with Gasteiger partial charge in [-0.2, -0.15) is 5.10 Å². The summed E-state index contributed by atoms with van der Waals surface area (Å²) in [5, 5.41) is 8.06. The van der Waals surface area contributed by atoms with Crippen LogP contribution in [0.15, 0.2) is 83.3 Å². The molecule has 192 valence electrons. The Kier molecular flexibility index (Phi) is 7.77. The largest absolute Gasteiger partial charge is 0.494 e. The van der Waals surface area contributed by atoms with Gasteiger partial charge in [-0.1, -0.05) is 25.1 Å². The molecule has 37 heavy (non-hydrogen) atoms. The smallest absolute Gasteiger partial charge is 0.336 e. The topological polar surface area (TPSA) is 91.7 Å². The first kappa shape index (κ1) is 25.8. The molecule has 3 aromatic rings. The second-order valence-corrected chi connectivity index (χ2v) is 8.70. The summed E-state index contributed by atoms with van der Waals surface area (Å²) in [7, 11) is 2.65. The molecule has 0 bridgehead atoms. The molecule has 0 saturated carbocycles. The van der Waals surface area contributed by atoms with E-state index in [0.29, 0.717) is 40.4 Å². The number of dihydropyridines is 1.